The van der Waals surface area contributed by atoms with Crippen molar-refractivity contribution in [2.75, 3.05) is 27.2 Å². The number of nitrogens with zero attached hydrogens (tertiary/aromatic N) is 2. The van der Waals surface area contributed by atoms with Crippen LogP contribution in [0.1, 0.15) is 24.9 Å². The Kier molecular flexibility index (Phi) is 4.88. The van der Waals surface area contributed by atoms with Crippen molar-refractivity contribution in [3.63, 3.8) is 0 Å². The van der Waals surface area contributed by atoms with Gasteiger partial charge in [-0.1, -0.05) is 25.1 Å². The number of likely N-dealkylation sites (N-methyl/N-ethyl adjacent to an activating group) is 1. The highest BCUT2D eigenvalue weighted by molar-refractivity contribution is 5.85. The predicted molar refractivity (Wildman–Crippen MR) is 81.3 cm³/mol. The van der Waals surface area contributed by atoms with Crippen LogP contribution in [0.25, 0.3) is 10.8 Å². The van der Waals surface area contributed by atoms with Crippen molar-refractivity contribution in [1.29, 1.82) is 0 Å². The quantitative estimate of drug-likeness (QED) is 0.862. The number of fused-ring (bicyclic) bond motifs is 1. The third kappa shape index (κ3) is 3.52. The number of hydrogen-bond donors (Lipinski definition) is 1. The van der Waals surface area contributed by atoms with E-state index in [1.54, 1.807) is 0 Å². The Morgan fingerprint density at radius 3 is 2.84 bits per heavy atom. The second kappa shape index (κ2) is 6.64. The first-order valence-electron chi connectivity index (χ1n) is 6.93. The van der Waals surface area contributed by atoms with Gasteiger partial charge in [-0.3, -0.25) is 4.98 Å². The van der Waals surface area contributed by atoms with Gasteiger partial charge < -0.3 is 10.2 Å². The summed E-state index contributed by atoms with van der Waals surface area (Å²) >= 11 is 0. The molecule has 0 aliphatic heterocycles. The predicted octanol–water partition coefficient (Wildman–Crippen LogP) is 2.84. The molecule has 0 saturated carbocycles. The lowest BCUT2D eigenvalue weighted by molar-refractivity contribution is 0.343. The van der Waals surface area contributed by atoms with E-state index in [9.17, 15) is 0 Å². The minimum absolute atomic E-state index is 0.362. The number of nitrogens with one attached hydrogen (secondary N) is 1. The first-order valence-corrected chi connectivity index (χ1v) is 6.93. The average Bonchev–Trinajstić information content (AvgIpc) is 2.42. The van der Waals surface area contributed by atoms with E-state index in [1.807, 2.05) is 12.4 Å². The molecule has 0 aliphatic rings. The van der Waals surface area contributed by atoms with Crippen LogP contribution in [0.4, 0.5) is 0 Å². The molecule has 1 N–H and O–H groups in total. The fourth-order valence-electron chi connectivity index (χ4n) is 2.41. The average molecular weight is 257 g/mol. The lowest BCUT2D eigenvalue weighted by Crippen LogP contribution is -2.31. The van der Waals surface area contributed by atoms with Crippen molar-refractivity contribution >= 4 is 10.8 Å². The normalized spacial score (nSPS) is 13.1. The van der Waals surface area contributed by atoms with Gasteiger partial charge in [0, 0.05) is 30.4 Å². The maximum Gasteiger partial charge on any atom is 0.0455 e. The smallest absolute Gasteiger partial charge is 0.0455 e. The molecule has 3 heteroatoms. The number of aromatic nitrogens is 1. The van der Waals surface area contributed by atoms with Gasteiger partial charge >= 0.3 is 0 Å². The molecular formula is C16H23N3. The molecule has 0 spiro atoms. The number of benzene rings is 1. The molecule has 1 aromatic carbocycles. The molecular weight excluding hydrogens is 234 g/mol. The molecule has 1 atom stereocenters. The first-order chi connectivity index (χ1) is 9.22. The Morgan fingerprint density at radius 2 is 2.11 bits per heavy atom. The summed E-state index contributed by atoms with van der Waals surface area (Å²) in [5, 5.41) is 6.16. The zero-order chi connectivity index (χ0) is 13.7. The second-order valence-corrected chi connectivity index (χ2v) is 5.21. The number of hydrogen-bond acceptors (Lipinski definition) is 3. The Labute approximate surface area is 115 Å². The molecule has 0 saturated heterocycles. The molecule has 2 aromatic rings. The van der Waals surface area contributed by atoms with Gasteiger partial charge in [-0.15, -0.1) is 0 Å². The lowest BCUT2D eigenvalue weighted by Gasteiger charge is -2.24. The Hall–Kier alpha value is -1.45. The van der Waals surface area contributed by atoms with Crippen molar-refractivity contribution in [3.05, 3.63) is 42.2 Å². The monoisotopic (exact) mass is 257 g/mol. The molecule has 0 fully saturated rings. The molecule has 0 bridgehead atoms. The standard InChI is InChI=1S/C16H23N3/c1-4-9-18-16(12-19(2)3)15-7-5-6-13-11-17-10-8-14(13)15/h5-8,10-11,16,18H,4,9,12H2,1-3H3. The van der Waals surface area contributed by atoms with Crippen LogP contribution >= 0.6 is 0 Å². The van der Waals surface area contributed by atoms with Crippen LogP contribution in [-0.2, 0) is 0 Å². The van der Waals surface area contributed by atoms with Crippen molar-refractivity contribution in [2.24, 2.45) is 0 Å². The lowest BCUT2D eigenvalue weighted by atomic mass is 9.99. The van der Waals surface area contributed by atoms with E-state index in [2.05, 4.69) is 60.5 Å². The molecule has 1 aromatic heterocycles. The number of rotatable bonds is 6. The van der Waals surface area contributed by atoms with Crippen LogP contribution in [0, 0.1) is 0 Å². The van der Waals surface area contributed by atoms with E-state index in [-0.39, 0.29) is 0 Å². The van der Waals surface area contributed by atoms with Crippen LogP contribution in [-0.4, -0.2) is 37.1 Å². The van der Waals surface area contributed by atoms with Crippen LogP contribution < -0.4 is 5.32 Å². The molecule has 0 radical (unpaired) electrons. The molecule has 1 unspecified atom stereocenters. The fourth-order valence-corrected chi connectivity index (χ4v) is 2.41. The Balaban J connectivity index is 2.37. The van der Waals surface area contributed by atoms with Crippen LogP contribution in [0.5, 0.6) is 0 Å². The van der Waals surface area contributed by atoms with Crippen molar-refractivity contribution in [3.8, 4) is 0 Å². The second-order valence-electron chi connectivity index (χ2n) is 5.21. The van der Waals surface area contributed by atoms with E-state index in [1.165, 1.54) is 16.3 Å². The zero-order valence-corrected chi connectivity index (χ0v) is 12.1. The van der Waals surface area contributed by atoms with E-state index >= 15 is 0 Å². The van der Waals surface area contributed by atoms with E-state index < -0.39 is 0 Å². The number of pyridine rings is 1. The van der Waals surface area contributed by atoms with E-state index in [0.717, 1.165) is 19.5 Å². The van der Waals surface area contributed by atoms with Gasteiger partial charge in [-0.05, 0) is 44.1 Å². The van der Waals surface area contributed by atoms with E-state index in [0.29, 0.717) is 6.04 Å². The van der Waals surface area contributed by atoms with Gasteiger partial charge in [0.15, 0.2) is 0 Å². The molecule has 2 rings (SSSR count). The van der Waals surface area contributed by atoms with Crippen LogP contribution in [0.15, 0.2) is 36.7 Å². The topological polar surface area (TPSA) is 28.2 Å². The maximum absolute atomic E-state index is 4.21. The first kappa shape index (κ1) is 14.0. The van der Waals surface area contributed by atoms with Crippen LogP contribution in [0.3, 0.4) is 0 Å². The summed E-state index contributed by atoms with van der Waals surface area (Å²) < 4.78 is 0. The minimum atomic E-state index is 0.362. The molecule has 0 aliphatic carbocycles. The van der Waals surface area contributed by atoms with Crippen molar-refractivity contribution in [1.82, 2.24) is 15.2 Å². The third-order valence-corrected chi connectivity index (χ3v) is 3.28. The molecule has 102 valence electrons. The van der Waals surface area contributed by atoms with Gasteiger partial charge in [0.25, 0.3) is 0 Å². The summed E-state index contributed by atoms with van der Waals surface area (Å²) in [6.45, 7) is 4.24. The van der Waals surface area contributed by atoms with Gasteiger partial charge in [0.2, 0.25) is 0 Å². The summed E-state index contributed by atoms with van der Waals surface area (Å²) in [5.41, 5.74) is 1.36. The molecule has 19 heavy (non-hydrogen) atoms. The largest absolute Gasteiger partial charge is 0.309 e. The summed E-state index contributed by atoms with van der Waals surface area (Å²) in [5.74, 6) is 0. The third-order valence-electron chi connectivity index (χ3n) is 3.28. The summed E-state index contributed by atoms with van der Waals surface area (Å²) in [6.07, 6.45) is 4.96. The highest BCUT2D eigenvalue weighted by Gasteiger charge is 2.14. The fraction of sp³-hybridized carbons (Fsp3) is 0.438. The Bertz CT molecular complexity index is 517. The highest BCUT2D eigenvalue weighted by Crippen LogP contribution is 2.24. The van der Waals surface area contributed by atoms with Gasteiger partial charge in [0.1, 0.15) is 0 Å². The SMILES string of the molecule is CCCNC(CN(C)C)c1cccc2cnccc12. The minimum Gasteiger partial charge on any atom is -0.309 e. The van der Waals surface area contributed by atoms with Crippen LogP contribution in [0.2, 0.25) is 0 Å². The summed E-state index contributed by atoms with van der Waals surface area (Å²) in [6, 6.07) is 8.94. The van der Waals surface area contributed by atoms with Crippen molar-refractivity contribution < 1.29 is 0 Å². The maximum atomic E-state index is 4.21. The van der Waals surface area contributed by atoms with Gasteiger partial charge in [-0.2, -0.15) is 0 Å². The van der Waals surface area contributed by atoms with Gasteiger partial charge in [-0.25, -0.2) is 0 Å². The highest BCUT2D eigenvalue weighted by atomic mass is 15.1. The Morgan fingerprint density at radius 1 is 1.26 bits per heavy atom. The molecule has 0 amide bonds. The summed E-state index contributed by atoms with van der Waals surface area (Å²) in [7, 11) is 4.24. The van der Waals surface area contributed by atoms with Crippen molar-refractivity contribution in [2.45, 2.75) is 19.4 Å². The zero-order valence-electron chi connectivity index (χ0n) is 12.1. The molecule has 3 nitrogen and oxygen atoms in total. The molecule has 1 heterocycles. The van der Waals surface area contributed by atoms with Gasteiger partial charge in [0.05, 0.1) is 0 Å². The van der Waals surface area contributed by atoms with E-state index in [4.69, 9.17) is 0 Å². The summed E-state index contributed by atoms with van der Waals surface area (Å²) in [4.78, 5) is 6.44.